The number of esters is 1. The van der Waals surface area contributed by atoms with E-state index in [1.165, 1.54) is 13.8 Å². The first-order valence-corrected chi connectivity index (χ1v) is 9.00. The molecular formula is C22H21NO6. The number of hydrogen-bond acceptors (Lipinski definition) is 6. The summed E-state index contributed by atoms with van der Waals surface area (Å²) in [6.07, 6.45) is -1.04. The number of ether oxygens (including phenoxy) is 2. The first kappa shape index (κ1) is 20.1. The number of ketones is 1. The fourth-order valence-electron chi connectivity index (χ4n) is 2.82. The molecule has 7 heteroatoms. The number of fused-ring (bicyclic) bond motifs is 1. The van der Waals surface area contributed by atoms with E-state index < -0.39 is 18.0 Å². The maximum absolute atomic E-state index is 12.5. The van der Waals surface area contributed by atoms with E-state index in [0.717, 1.165) is 5.39 Å². The molecular weight excluding hydrogens is 374 g/mol. The van der Waals surface area contributed by atoms with Crippen LogP contribution in [0.1, 0.15) is 40.3 Å². The summed E-state index contributed by atoms with van der Waals surface area (Å²) >= 11 is 0. The van der Waals surface area contributed by atoms with E-state index >= 15 is 0 Å². The van der Waals surface area contributed by atoms with Crippen LogP contribution in [-0.4, -0.2) is 30.9 Å². The molecule has 1 heterocycles. The number of amides is 1. The number of Topliss-reactive ketones (excluding diaryl/α,β-unsaturated/α-hetero) is 1. The molecule has 0 saturated heterocycles. The summed E-state index contributed by atoms with van der Waals surface area (Å²) in [6.45, 7) is 4.67. The average Bonchev–Trinajstić information content (AvgIpc) is 3.04. The Morgan fingerprint density at radius 2 is 1.76 bits per heavy atom. The molecule has 1 amide bonds. The van der Waals surface area contributed by atoms with Gasteiger partial charge in [-0.3, -0.25) is 9.59 Å². The third-order valence-corrected chi connectivity index (χ3v) is 4.54. The van der Waals surface area contributed by atoms with Crippen molar-refractivity contribution in [2.45, 2.75) is 26.9 Å². The first-order valence-electron chi connectivity index (χ1n) is 9.00. The zero-order valence-corrected chi connectivity index (χ0v) is 16.6. The van der Waals surface area contributed by atoms with Crippen LogP contribution in [0, 0.1) is 6.92 Å². The highest BCUT2D eigenvalue weighted by atomic mass is 16.6. The highest BCUT2D eigenvalue weighted by molar-refractivity contribution is 6.00. The van der Waals surface area contributed by atoms with Gasteiger partial charge in [-0.15, -0.1) is 0 Å². The van der Waals surface area contributed by atoms with Gasteiger partial charge in [-0.1, -0.05) is 0 Å². The van der Waals surface area contributed by atoms with Crippen LogP contribution in [0.5, 0.6) is 5.75 Å². The van der Waals surface area contributed by atoms with Crippen molar-refractivity contribution in [3.63, 3.8) is 0 Å². The van der Waals surface area contributed by atoms with Gasteiger partial charge in [-0.25, -0.2) is 4.79 Å². The molecule has 0 bridgehead atoms. The third-order valence-electron chi connectivity index (χ3n) is 4.54. The second kappa shape index (κ2) is 8.18. The standard InChI is InChI=1S/C22H21NO6/c1-12-18-11-17(27-4)9-10-19(18)29-20(12)22(26)28-14(3)21(25)23-16-7-5-15(6-8-16)13(2)24/h5-11,14H,1-4H3,(H,23,25)/t14-/m1/s1. The largest absolute Gasteiger partial charge is 0.497 e. The Bertz CT molecular complexity index is 1080. The molecule has 0 fully saturated rings. The molecule has 0 spiro atoms. The minimum absolute atomic E-state index is 0.0405. The second-order valence-corrected chi connectivity index (χ2v) is 6.59. The van der Waals surface area contributed by atoms with Gasteiger partial charge in [0, 0.05) is 22.2 Å². The summed E-state index contributed by atoms with van der Waals surface area (Å²) in [5, 5.41) is 3.38. The maximum Gasteiger partial charge on any atom is 0.375 e. The van der Waals surface area contributed by atoms with Gasteiger partial charge in [0.05, 0.1) is 7.11 Å². The molecule has 0 saturated carbocycles. The average molecular weight is 395 g/mol. The van der Waals surface area contributed by atoms with E-state index in [1.54, 1.807) is 56.5 Å². The molecule has 0 aliphatic rings. The molecule has 1 N–H and O–H groups in total. The van der Waals surface area contributed by atoms with Gasteiger partial charge in [0.15, 0.2) is 11.9 Å². The van der Waals surface area contributed by atoms with Gasteiger partial charge in [-0.05, 0) is 63.2 Å². The third kappa shape index (κ3) is 4.29. The molecule has 1 atom stereocenters. The topological polar surface area (TPSA) is 94.8 Å². The normalized spacial score (nSPS) is 11.7. The summed E-state index contributed by atoms with van der Waals surface area (Å²) in [4.78, 5) is 36.2. The number of benzene rings is 2. The number of carbonyl (C=O) groups is 3. The first-order chi connectivity index (χ1) is 13.8. The Hall–Kier alpha value is -3.61. The lowest BCUT2D eigenvalue weighted by Gasteiger charge is -2.13. The molecule has 7 nitrogen and oxygen atoms in total. The van der Waals surface area contributed by atoms with Crippen LogP contribution in [0.3, 0.4) is 0 Å². The van der Waals surface area contributed by atoms with Crippen molar-refractivity contribution < 1.29 is 28.3 Å². The van der Waals surface area contributed by atoms with Crippen LogP contribution in [0.2, 0.25) is 0 Å². The lowest BCUT2D eigenvalue weighted by Crippen LogP contribution is -2.30. The van der Waals surface area contributed by atoms with Crippen molar-refractivity contribution >= 4 is 34.3 Å². The fraction of sp³-hybridized carbons (Fsp3) is 0.227. The lowest BCUT2D eigenvalue weighted by atomic mass is 10.1. The van der Waals surface area contributed by atoms with Crippen LogP contribution in [0.15, 0.2) is 46.9 Å². The van der Waals surface area contributed by atoms with E-state index in [4.69, 9.17) is 13.9 Å². The number of anilines is 1. The monoisotopic (exact) mass is 395 g/mol. The SMILES string of the molecule is COc1ccc2oc(C(=O)O[C@H](C)C(=O)Nc3ccc(C(C)=O)cc3)c(C)c2c1. The van der Waals surface area contributed by atoms with Crippen LogP contribution in [-0.2, 0) is 9.53 Å². The number of aryl methyl sites for hydroxylation is 1. The van der Waals surface area contributed by atoms with Crippen LogP contribution in [0.4, 0.5) is 5.69 Å². The molecule has 1 aromatic heterocycles. The lowest BCUT2D eigenvalue weighted by molar-refractivity contribution is -0.123. The number of furan rings is 1. The Labute approximate surface area is 167 Å². The van der Waals surface area contributed by atoms with Gasteiger partial charge in [0.2, 0.25) is 5.76 Å². The molecule has 3 aromatic rings. The quantitative estimate of drug-likeness (QED) is 0.498. The molecule has 3 rings (SSSR count). The molecule has 0 radical (unpaired) electrons. The number of rotatable bonds is 6. The Morgan fingerprint density at radius 1 is 1.07 bits per heavy atom. The highest BCUT2D eigenvalue weighted by Gasteiger charge is 2.24. The number of carbonyl (C=O) groups excluding carboxylic acids is 3. The zero-order valence-electron chi connectivity index (χ0n) is 16.6. The molecule has 2 aromatic carbocycles. The highest BCUT2D eigenvalue weighted by Crippen LogP contribution is 2.29. The van der Waals surface area contributed by atoms with Crippen molar-refractivity contribution in [1.29, 1.82) is 0 Å². The maximum atomic E-state index is 12.5. The molecule has 0 aliphatic carbocycles. The minimum Gasteiger partial charge on any atom is -0.497 e. The van der Waals surface area contributed by atoms with Crippen molar-refractivity contribution in [3.05, 3.63) is 59.4 Å². The summed E-state index contributed by atoms with van der Waals surface area (Å²) in [7, 11) is 1.56. The predicted octanol–water partition coefficient (Wildman–Crippen LogP) is 4.14. The van der Waals surface area contributed by atoms with Gasteiger partial charge in [0.1, 0.15) is 11.3 Å². The van der Waals surface area contributed by atoms with E-state index in [2.05, 4.69) is 5.32 Å². The van der Waals surface area contributed by atoms with Crippen LogP contribution in [0.25, 0.3) is 11.0 Å². The predicted molar refractivity (Wildman–Crippen MR) is 107 cm³/mol. The summed E-state index contributed by atoms with van der Waals surface area (Å²) in [5.41, 5.74) is 2.17. The molecule has 0 aliphatic heterocycles. The number of nitrogens with one attached hydrogen (secondary N) is 1. The van der Waals surface area contributed by atoms with E-state index in [9.17, 15) is 14.4 Å². The van der Waals surface area contributed by atoms with Crippen molar-refractivity contribution in [2.24, 2.45) is 0 Å². The van der Waals surface area contributed by atoms with Crippen molar-refractivity contribution in [1.82, 2.24) is 0 Å². The van der Waals surface area contributed by atoms with Crippen LogP contribution >= 0.6 is 0 Å². The second-order valence-electron chi connectivity index (χ2n) is 6.59. The Balaban J connectivity index is 1.69. The van der Waals surface area contributed by atoms with Crippen molar-refractivity contribution in [2.75, 3.05) is 12.4 Å². The number of hydrogen-bond donors (Lipinski definition) is 1. The van der Waals surface area contributed by atoms with Crippen LogP contribution < -0.4 is 10.1 Å². The summed E-state index contributed by atoms with van der Waals surface area (Å²) in [5.74, 6) is -0.607. The smallest absolute Gasteiger partial charge is 0.375 e. The van der Waals surface area contributed by atoms with E-state index in [1.807, 2.05) is 0 Å². The summed E-state index contributed by atoms with van der Waals surface area (Å²) < 4.78 is 16.1. The van der Waals surface area contributed by atoms with Gasteiger partial charge < -0.3 is 19.2 Å². The van der Waals surface area contributed by atoms with Gasteiger partial charge in [-0.2, -0.15) is 0 Å². The number of methoxy groups -OCH3 is 1. The van der Waals surface area contributed by atoms with E-state index in [0.29, 0.717) is 28.1 Å². The fourth-order valence-corrected chi connectivity index (χ4v) is 2.82. The van der Waals surface area contributed by atoms with Gasteiger partial charge in [0.25, 0.3) is 5.91 Å². The van der Waals surface area contributed by atoms with E-state index in [-0.39, 0.29) is 11.5 Å². The molecule has 150 valence electrons. The summed E-state index contributed by atoms with van der Waals surface area (Å²) in [6, 6.07) is 11.7. The van der Waals surface area contributed by atoms with Crippen molar-refractivity contribution in [3.8, 4) is 5.75 Å². The van der Waals surface area contributed by atoms with Gasteiger partial charge >= 0.3 is 5.97 Å². The minimum atomic E-state index is -1.04. The molecule has 0 unspecified atom stereocenters. The Morgan fingerprint density at radius 3 is 2.38 bits per heavy atom. The molecule has 29 heavy (non-hydrogen) atoms. The zero-order chi connectivity index (χ0) is 21.1. The Kier molecular flexibility index (Phi) is 5.68.